The lowest BCUT2D eigenvalue weighted by molar-refractivity contribution is -0.144. The van der Waals surface area contributed by atoms with Crippen LogP contribution in [-0.2, 0) is 19.2 Å². The number of carbonyl (C=O) groups excluding carboxylic acids is 2. The van der Waals surface area contributed by atoms with Gasteiger partial charge in [0, 0.05) is 6.08 Å². The van der Waals surface area contributed by atoms with Crippen LogP contribution in [0.15, 0.2) is 6.08 Å². The van der Waals surface area contributed by atoms with Crippen LogP contribution in [0.1, 0.15) is 20.3 Å². The van der Waals surface area contributed by atoms with E-state index < -0.39 is 24.0 Å². The minimum absolute atomic E-state index is 0.0191. The highest BCUT2D eigenvalue weighted by molar-refractivity contribution is 9.09. The second kappa shape index (κ2) is 7.34. The molecule has 0 aromatic rings. The minimum atomic E-state index is -1.12. The quantitative estimate of drug-likeness (QED) is 0.385. The Labute approximate surface area is 107 Å². The summed E-state index contributed by atoms with van der Waals surface area (Å²) in [5.41, 5.74) is 1.39. The maximum Gasteiger partial charge on any atom is 0.305 e. The van der Waals surface area contributed by atoms with E-state index in [1.165, 1.54) is 0 Å². The number of alkyl halides is 1. The summed E-state index contributed by atoms with van der Waals surface area (Å²) in [6.45, 7) is 3.14. The Hall–Kier alpha value is -1.01. The summed E-state index contributed by atoms with van der Waals surface area (Å²) < 4.78 is 0. The third-order valence-corrected chi connectivity index (χ3v) is 2.32. The molecule has 0 spiro atoms. The first-order valence-corrected chi connectivity index (χ1v) is 5.90. The van der Waals surface area contributed by atoms with Gasteiger partial charge in [0.15, 0.2) is 5.78 Å². The highest BCUT2D eigenvalue weighted by Gasteiger charge is 2.24. The molecule has 0 fully saturated rings. The van der Waals surface area contributed by atoms with Gasteiger partial charge in [-0.15, -0.1) is 0 Å². The molecule has 0 rings (SSSR count). The molecule has 0 aliphatic rings. The van der Waals surface area contributed by atoms with Crippen molar-refractivity contribution < 1.29 is 24.3 Å². The van der Waals surface area contributed by atoms with Gasteiger partial charge in [0.25, 0.3) is 0 Å². The van der Waals surface area contributed by atoms with Crippen molar-refractivity contribution in [2.24, 2.45) is 0 Å². The molecule has 0 unspecified atom stereocenters. The molecule has 0 heterocycles. The van der Waals surface area contributed by atoms with Crippen LogP contribution in [-0.4, -0.2) is 39.8 Å². The van der Waals surface area contributed by atoms with Gasteiger partial charge in [-0.3, -0.25) is 14.4 Å². The van der Waals surface area contributed by atoms with Crippen molar-refractivity contribution in [1.82, 2.24) is 5.48 Å². The van der Waals surface area contributed by atoms with Crippen LogP contribution >= 0.6 is 15.9 Å². The summed E-state index contributed by atoms with van der Waals surface area (Å²) in [6, 6.07) is -0.966. The first-order valence-electron chi connectivity index (χ1n) is 4.78. The van der Waals surface area contributed by atoms with Gasteiger partial charge in [0.2, 0.25) is 0 Å². The number of carboxylic acids is 1. The maximum atomic E-state index is 11.4. The SMILES string of the molecule is CC(C)(C=C=O)ON[C@@H](CC(=O)O)C(=O)CBr. The Kier molecular flexibility index (Phi) is 6.91. The lowest BCUT2D eigenvalue weighted by atomic mass is 10.1. The van der Waals surface area contributed by atoms with Gasteiger partial charge in [0.1, 0.15) is 17.6 Å². The zero-order chi connectivity index (χ0) is 13.5. The molecule has 7 heteroatoms. The molecule has 1 atom stereocenters. The van der Waals surface area contributed by atoms with Crippen molar-refractivity contribution in [2.45, 2.75) is 31.9 Å². The largest absolute Gasteiger partial charge is 0.481 e. The minimum Gasteiger partial charge on any atom is -0.481 e. The van der Waals surface area contributed by atoms with E-state index in [9.17, 15) is 14.4 Å². The molecule has 0 aliphatic carbocycles. The summed E-state index contributed by atoms with van der Waals surface area (Å²) in [7, 11) is 0. The van der Waals surface area contributed by atoms with Crippen molar-refractivity contribution in [3.8, 4) is 0 Å². The number of nitrogens with one attached hydrogen (secondary N) is 1. The molecule has 0 radical (unpaired) electrons. The Morgan fingerprint density at radius 2 is 2.18 bits per heavy atom. The molecule has 0 saturated heterocycles. The first kappa shape index (κ1) is 16.0. The fraction of sp³-hybridized carbons (Fsp3) is 0.600. The number of hydrogen-bond donors (Lipinski definition) is 2. The molecule has 0 aromatic carbocycles. The number of carboxylic acid groups (broad SMARTS) is 1. The smallest absolute Gasteiger partial charge is 0.305 e. The van der Waals surface area contributed by atoms with Crippen molar-refractivity contribution >= 4 is 33.6 Å². The number of hydrogen-bond acceptors (Lipinski definition) is 5. The fourth-order valence-electron chi connectivity index (χ4n) is 0.883. The number of ketones is 1. The van der Waals surface area contributed by atoms with Gasteiger partial charge >= 0.3 is 5.97 Å². The molecular weight excluding hydrogens is 294 g/mol. The second-order valence-corrected chi connectivity index (χ2v) is 4.40. The van der Waals surface area contributed by atoms with Gasteiger partial charge in [-0.25, -0.2) is 4.79 Å². The van der Waals surface area contributed by atoms with E-state index >= 15 is 0 Å². The van der Waals surface area contributed by atoms with Crippen molar-refractivity contribution in [1.29, 1.82) is 0 Å². The Morgan fingerprint density at radius 1 is 1.59 bits per heavy atom. The van der Waals surface area contributed by atoms with E-state index in [2.05, 4.69) is 21.4 Å². The summed E-state index contributed by atoms with van der Waals surface area (Å²) in [5, 5.41) is 8.65. The van der Waals surface area contributed by atoms with E-state index in [1.54, 1.807) is 19.8 Å². The van der Waals surface area contributed by atoms with Gasteiger partial charge in [0.05, 0.1) is 11.8 Å². The van der Waals surface area contributed by atoms with Crippen molar-refractivity contribution in [3.63, 3.8) is 0 Å². The number of carbonyl (C=O) groups is 2. The first-order chi connectivity index (χ1) is 7.82. The van der Waals surface area contributed by atoms with Crippen molar-refractivity contribution in [3.05, 3.63) is 6.08 Å². The fourth-order valence-corrected chi connectivity index (χ4v) is 1.27. The number of aliphatic carboxylic acids is 1. The molecule has 0 saturated carbocycles. The molecule has 0 amide bonds. The van der Waals surface area contributed by atoms with Crippen LogP contribution in [0.25, 0.3) is 0 Å². The Morgan fingerprint density at radius 3 is 2.59 bits per heavy atom. The molecule has 0 aromatic heterocycles. The highest BCUT2D eigenvalue weighted by atomic mass is 79.9. The summed E-state index contributed by atoms with van der Waals surface area (Å²) in [4.78, 5) is 37.2. The molecular formula is C10H14BrNO5. The molecule has 2 N–H and O–H groups in total. The van der Waals surface area contributed by atoms with Gasteiger partial charge in [-0.05, 0) is 13.8 Å². The topological polar surface area (TPSA) is 92.7 Å². The van der Waals surface area contributed by atoms with E-state index in [4.69, 9.17) is 9.94 Å². The predicted molar refractivity (Wildman–Crippen MR) is 63.4 cm³/mol. The molecule has 0 aliphatic heterocycles. The van der Waals surface area contributed by atoms with Gasteiger partial charge < -0.3 is 5.11 Å². The van der Waals surface area contributed by atoms with Gasteiger partial charge in [-0.1, -0.05) is 15.9 Å². The number of halogens is 1. The average molecular weight is 308 g/mol. The Bertz CT molecular complexity index is 336. The third kappa shape index (κ3) is 7.01. The molecule has 17 heavy (non-hydrogen) atoms. The van der Waals surface area contributed by atoms with E-state index in [-0.39, 0.29) is 11.1 Å². The average Bonchev–Trinajstić information content (AvgIpc) is 2.22. The van der Waals surface area contributed by atoms with E-state index in [0.29, 0.717) is 0 Å². The van der Waals surface area contributed by atoms with Gasteiger partial charge in [-0.2, -0.15) is 5.48 Å². The zero-order valence-electron chi connectivity index (χ0n) is 9.53. The molecule has 6 nitrogen and oxygen atoms in total. The van der Waals surface area contributed by atoms with Crippen LogP contribution in [0, 0.1) is 0 Å². The molecule has 96 valence electrons. The maximum absolute atomic E-state index is 11.4. The van der Waals surface area contributed by atoms with Crippen LogP contribution < -0.4 is 5.48 Å². The number of hydroxylamine groups is 1. The monoisotopic (exact) mass is 307 g/mol. The summed E-state index contributed by atoms with van der Waals surface area (Å²) >= 11 is 2.95. The number of Topliss-reactive ketones (excluding diaryl/α,β-unsaturated/α-hetero) is 1. The van der Waals surface area contributed by atoms with Crippen LogP contribution in [0.2, 0.25) is 0 Å². The zero-order valence-corrected chi connectivity index (χ0v) is 11.1. The van der Waals surface area contributed by atoms with Crippen LogP contribution in [0.3, 0.4) is 0 Å². The molecule has 0 bridgehead atoms. The normalized spacial score (nSPS) is 12.6. The second-order valence-electron chi connectivity index (χ2n) is 3.84. The summed E-state index contributed by atoms with van der Waals surface area (Å²) in [6.07, 6.45) is 0.724. The van der Waals surface area contributed by atoms with Crippen LogP contribution in [0.5, 0.6) is 0 Å². The summed E-state index contributed by atoms with van der Waals surface area (Å²) in [5.74, 6) is 0.0952. The lowest BCUT2D eigenvalue weighted by Gasteiger charge is -2.23. The predicted octanol–water partition coefficient (Wildman–Crippen LogP) is 0.481. The van der Waals surface area contributed by atoms with E-state index in [1.807, 2.05) is 0 Å². The standard InChI is InChI=1S/C10H14BrNO5/c1-10(2,3-4-13)17-12-7(5-9(15)16)8(14)6-11/h3,7,12H,5-6H2,1-2H3,(H,15,16)/t7-/m0/s1. The third-order valence-electron chi connectivity index (χ3n) is 1.77. The number of rotatable bonds is 8. The highest BCUT2D eigenvalue weighted by Crippen LogP contribution is 2.09. The Balaban J connectivity index is 4.49. The van der Waals surface area contributed by atoms with E-state index in [0.717, 1.165) is 6.08 Å². The lowest BCUT2D eigenvalue weighted by Crippen LogP contribution is -2.43. The van der Waals surface area contributed by atoms with Crippen LogP contribution in [0.4, 0.5) is 0 Å². The van der Waals surface area contributed by atoms with Crippen molar-refractivity contribution in [2.75, 3.05) is 5.33 Å².